The number of anilines is 1. The number of rotatable bonds is 3. The molecule has 0 aromatic heterocycles. The van der Waals surface area contributed by atoms with E-state index < -0.39 is 11.8 Å². The van der Waals surface area contributed by atoms with Crippen LogP contribution in [0.3, 0.4) is 0 Å². The van der Waals surface area contributed by atoms with Crippen molar-refractivity contribution in [1.82, 2.24) is 0 Å². The van der Waals surface area contributed by atoms with E-state index in [9.17, 15) is 9.18 Å². The van der Waals surface area contributed by atoms with Gasteiger partial charge in [-0.25, -0.2) is 9.18 Å². The fourth-order valence-corrected chi connectivity index (χ4v) is 2.15. The highest BCUT2D eigenvalue weighted by molar-refractivity contribution is 6.43. The predicted molar refractivity (Wildman–Crippen MR) is 81.4 cm³/mol. The average Bonchev–Trinajstić information content (AvgIpc) is 2.43. The van der Waals surface area contributed by atoms with E-state index in [1.54, 1.807) is 0 Å². The zero-order valence-corrected chi connectivity index (χ0v) is 12.8. The van der Waals surface area contributed by atoms with Gasteiger partial charge in [-0.1, -0.05) is 40.9 Å². The Morgan fingerprint density at radius 3 is 2.48 bits per heavy atom. The van der Waals surface area contributed by atoms with Gasteiger partial charge in [-0.3, -0.25) is 0 Å². The smallest absolute Gasteiger partial charge is 0.338 e. The first kappa shape index (κ1) is 15.9. The van der Waals surface area contributed by atoms with E-state index in [4.69, 9.17) is 45.3 Å². The van der Waals surface area contributed by atoms with E-state index in [1.165, 1.54) is 24.3 Å². The first-order chi connectivity index (χ1) is 9.88. The van der Waals surface area contributed by atoms with Crippen LogP contribution in [0.25, 0.3) is 0 Å². The van der Waals surface area contributed by atoms with Gasteiger partial charge in [0.15, 0.2) is 0 Å². The Morgan fingerprint density at radius 2 is 1.86 bits per heavy atom. The largest absolute Gasteiger partial charge is 0.457 e. The minimum Gasteiger partial charge on any atom is -0.457 e. The highest BCUT2D eigenvalue weighted by atomic mass is 35.5. The summed E-state index contributed by atoms with van der Waals surface area (Å²) in [4.78, 5) is 11.9. The van der Waals surface area contributed by atoms with E-state index >= 15 is 0 Å². The summed E-state index contributed by atoms with van der Waals surface area (Å²) >= 11 is 17.5. The summed E-state index contributed by atoms with van der Waals surface area (Å²) < 4.78 is 18.0. The number of nitrogen functional groups attached to an aromatic ring is 1. The van der Waals surface area contributed by atoms with Crippen molar-refractivity contribution in [2.24, 2.45) is 0 Å². The second-order valence-electron chi connectivity index (χ2n) is 4.17. The average molecular weight is 349 g/mol. The molecule has 0 unspecified atom stereocenters. The molecule has 0 aliphatic rings. The monoisotopic (exact) mass is 347 g/mol. The van der Waals surface area contributed by atoms with Gasteiger partial charge in [0.25, 0.3) is 0 Å². The third kappa shape index (κ3) is 3.79. The van der Waals surface area contributed by atoms with Gasteiger partial charge in [-0.2, -0.15) is 0 Å². The van der Waals surface area contributed by atoms with Crippen LogP contribution in [-0.4, -0.2) is 5.97 Å². The highest BCUT2D eigenvalue weighted by Gasteiger charge is 2.13. The molecule has 2 aromatic rings. The molecule has 3 nitrogen and oxygen atoms in total. The third-order valence-corrected chi connectivity index (χ3v) is 3.83. The molecule has 0 saturated heterocycles. The first-order valence-electron chi connectivity index (χ1n) is 5.74. The molecule has 7 heteroatoms. The molecule has 0 aliphatic carbocycles. The normalized spacial score (nSPS) is 10.5. The van der Waals surface area contributed by atoms with Crippen LogP contribution in [-0.2, 0) is 11.3 Å². The maximum Gasteiger partial charge on any atom is 0.338 e. The lowest BCUT2D eigenvalue weighted by Crippen LogP contribution is -2.06. The highest BCUT2D eigenvalue weighted by Crippen LogP contribution is 2.29. The minimum atomic E-state index is -0.638. The molecule has 2 rings (SSSR count). The number of hydrogen-bond acceptors (Lipinski definition) is 3. The molecule has 21 heavy (non-hydrogen) atoms. The number of nitrogens with two attached hydrogens (primary N) is 1. The van der Waals surface area contributed by atoms with Crippen LogP contribution >= 0.6 is 34.8 Å². The van der Waals surface area contributed by atoms with Gasteiger partial charge >= 0.3 is 5.97 Å². The van der Waals surface area contributed by atoms with E-state index in [0.717, 1.165) is 6.07 Å². The van der Waals surface area contributed by atoms with Gasteiger partial charge in [-0.05, 0) is 24.3 Å². The van der Waals surface area contributed by atoms with Gasteiger partial charge in [0.2, 0.25) is 0 Å². The van der Waals surface area contributed by atoms with Crippen LogP contribution in [0, 0.1) is 5.82 Å². The molecular formula is C14H9Cl3FNO2. The fraction of sp³-hybridized carbons (Fsp3) is 0.0714. The van der Waals surface area contributed by atoms with Crippen LogP contribution in [0.1, 0.15) is 15.9 Å². The molecule has 110 valence electrons. The second kappa shape index (κ2) is 6.52. The molecule has 0 radical (unpaired) electrons. The zero-order valence-electron chi connectivity index (χ0n) is 10.5. The number of esters is 1. The molecule has 0 saturated carbocycles. The molecule has 2 aromatic carbocycles. The lowest BCUT2D eigenvalue weighted by atomic mass is 10.2. The number of ether oxygens (including phenoxy) is 1. The number of carbonyl (C=O) groups excluding carboxylic acids is 1. The summed E-state index contributed by atoms with van der Waals surface area (Å²) in [5.74, 6) is -1.10. The number of halogens is 4. The Labute approximate surface area is 135 Å². The van der Waals surface area contributed by atoms with Crippen LogP contribution in [0.4, 0.5) is 10.1 Å². The Kier molecular flexibility index (Phi) is 4.93. The van der Waals surface area contributed by atoms with Crippen molar-refractivity contribution in [3.05, 3.63) is 62.3 Å². The number of carbonyl (C=O) groups is 1. The quantitative estimate of drug-likeness (QED) is 0.644. The SMILES string of the molecule is Nc1cc(C(=O)OCc2ccc(F)cc2Cl)cc(Cl)c1Cl. The van der Waals surface area contributed by atoms with Crippen molar-refractivity contribution in [1.29, 1.82) is 0 Å². The molecule has 0 atom stereocenters. The van der Waals surface area contributed by atoms with Crippen molar-refractivity contribution < 1.29 is 13.9 Å². The van der Waals surface area contributed by atoms with Gasteiger partial charge in [0.1, 0.15) is 12.4 Å². The summed E-state index contributed by atoms with van der Waals surface area (Å²) in [6.45, 7) is -0.0991. The summed E-state index contributed by atoms with van der Waals surface area (Å²) in [5.41, 5.74) is 6.45. The summed E-state index contributed by atoms with van der Waals surface area (Å²) in [6, 6.07) is 6.53. The molecule has 0 amide bonds. The zero-order chi connectivity index (χ0) is 15.6. The second-order valence-corrected chi connectivity index (χ2v) is 5.37. The molecule has 2 N–H and O–H groups in total. The molecule has 0 bridgehead atoms. The maximum atomic E-state index is 12.9. The van der Waals surface area contributed by atoms with Gasteiger partial charge in [-0.15, -0.1) is 0 Å². The topological polar surface area (TPSA) is 52.3 Å². The maximum absolute atomic E-state index is 12.9. The van der Waals surface area contributed by atoms with Gasteiger partial charge < -0.3 is 10.5 Å². The van der Waals surface area contributed by atoms with Gasteiger partial charge in [0, 0.05) is 5.56 Å². The van der Waals surface area contributed by atoms with Crippen molar-refractivity contribution in [2.45, 2.75) is 6.61 Å². The number of benzene rings is 2. The van der Waals surface area contributed by atoms with Crippen molar-refractivity contribution in [2.75, 3.05) is 5.73 Å². The van der Waals surface area contributed by atoms with Crippen LogP contribution in [0.5, 0.6) is 0 Å². The number of hydrogen-bond donors (Lipinski definition) is 1. The Hall–Kier alpha value is -1.49. The Bertz CT molecular complexity index is 684. The Balaban J connectivity index is 2.12. The van der Waals surface area contributed by atoms with Crippen molar-refractivity contribution in [3.63, 3.8) is 0 Å². The Morgan fingerprint density at radius 1 is 1.14 bits per heavy atom. The molecule has 0 spiro atoms. The van der Waals surface area contributed by atoms with Gasteiger partial charge in [0.05, 0.1) is 26.3 Å². The van der Waals surface area contributed by atoms with E-state index in [2.05, 4.69) is 0 Å². The van der Waals surface area contributed by atoms with Crippen molar-refractivity contribution in [3.8, 4) is 0 Å². The summed E-state index contributed by atoms with van der Waals surface area (Å²) in [6.07, 6.45) is 0. The standard InChI is InChI=1S/C14H9Cl3FNO2/c15-10-5-9(18)2-1-7(10)6-21-14(20)8-3-11(16)13(17)12(19)4-8/h1-5H,6,19H2. The predicted octanol–water partition coefficient (Wildman–Crippen LogP) is 4.73. The third-order valence-electron chi connectivity index (χ3n) is 2.67. The lowest BCUT2D eigenvalue weighted by Gasteiger charge is -2.08. The summed E-state index contributed by atoms with van der Waals surface area (Å²) in [7, 11) is 0. The fourth-order valence-electron chi connectivity index (χ4n) is 1.59. The van der Waals surface area contributed by atoms with E-state index in [-0.39, 0.29) is 32.9 Å². The molecular weight excluding hydrogens is 340 g/mol. The molecule has 0 aliphatic heterocycles. The first-order valence-corrected chi connectivity index (χ1v) is 6.87. The lowest BCUT2D eigenvalue weighted by molar-refractivity contribution is 0.0473. The summed E-state index contributed by atoms with van der Waals surface area (Å²) in [5, 5.41) is 0.509. The van der Waals surface area contributed by atoms with E-state index in [0.29, 0.717) is 5.56 Å². The molecule has 0 fully saturated rings. The van der Waals surface area contributed by atoms with E-state index in [1.807, 2.05) is 0 Å². The van der Waals surface area contributed by atoms with Crippen LogP contribution in [0.15, 0.2) is 30.3 Å². The van der Waals surface area contributed by atoms with Crippen LogP contribution in [0.2, 0.25) is 15.1 Å². The van der Waals surface area contributed by atoms with Crippen molar-refractivity contribution >= 4 is 46.5 Å². The van der Waals surface area contributed by atoms with Crippen LogP contribution < -0.4 is 5.73 Å². The minimum absolute atomic E-state index is 0.0991. The molecule has 0 heterocycles.